The molecule has 15 heavy (non-hydrogen) atoms. The van der Waals surface area contributed by atoms with Crippen LogP contribution in [0.5, 0.6) is 0 Å². The number of sulfone groups is 1. The maximum Gasteiger partial charge on any atom is 0.178 e. The average molecular weight is 229 g/mol. The number of rotatable bonds is 4. The molecule has 0 radical (unpaired) electrons. The topological polar surface area (TPSA) is 80.4 Å². The molecule has 0 spiro atoms. The van der Waals surface area contributed by atoms with Crippen molar-refractivity contribution in [2.24, 2.45) is 0 Å². The highest BCUT2D eigenvalue weighted by atomic mass is 32.2. The molecule has 5 heteroatoms. The van der Waals surface area contributed by atoms with Crippen molar-refractivity contribution in [3.8, 4) is 0 Å². The number of aryl methyl sites for hydroxylation is 1. The van der Waals surface area contributed by atoms with Crippen LogP contribution in [0.25, 0.3) is 0 Å². The van der Waals surface area contributed by atoms with Crippen LogP contribution in [0.3, 0.4) is 0 Å². The minimum atomic E-state index is -3.28. The van der Waals surface area contributed by atoms with Gasteiger partial charge in [0, 0.05) is 12.3 Å². The van der Waals surface area contributed by atoms with E-state index in [4.69, 9.17) is 10.8 Å². The van der Waals surface area contributed by atoms with E-state index in [0.717, 1.165) is 5.56 Å². The van der Waals surface area contributed by atoms with Crippen molar-refractivity contribution in [2.45, 2.75) is 18.2 Å². The molecular formula is C10H15NO3S. The lowest BCUT2D eigenvalue weighted by Gasteiger charge is -2.06. The molecule has 0 aliphatic rings. The van der Waals surface area contributed by atoms with E-state index in [-0.39, 0.29) is 23.7 Å². The van der Waals surface area contributed by atoms with Crippen LogP contribution in [0.15, 0.2) is 23.1 Å². The molecule has 0 bridgehead atoms. The SMILES string of the molecule is Cc1cc(S(=O)(=O)CCCO)ccc1N. The second-order valence-corrected chi connectivity index (χ2v) is 5.52. The van der Waals surface area contributed by atoms with Crippen molar-refractivity contribution in [1.82, 2.24) is 0 Å². The first-order valence-corrected chi connectivity index (χ1v) is 6.32. The van der Waals surface area contributed by atoms with Crippen LogP contribution in [-0.4, -0.2) is 25.9 Å². The fourth-order valence-electron chi connectivity index (χ4n) is 1.21. The standard InChI is InChI=1S/C10H15NO3S/c1-8-7-9(3-4-10(8)11)15(13,14)6-2-5-12/h3-4,7,12H,2,5-6,11H2,1H3. The quantitative estimate of drug-likeness (QED) is 0.746. The van der Waals surface area contributed by atoms with Crippen LogP contribution in [0.1, 0.15) is 12.0 Å². The van der Waals surface area contributed by atoms with Gasteiger partial charge in [0.2, 0.25) is 0 Å². The van der Waals surface area contributed by atoms with Gasteiger partial charge in [-0.1, -0.05) is 0 Å². The fraction of sp³-hybridized carbons (Fsp3) is 0.400. The summed E-state index contributed by atoms with van der Waals surface area (Å²) in [5, 5.41) is 8.59. The van der Waals surface area contributed by atoms with Gasteiger partial charge in [0.25, 0.3) is 0 Å². The maximum atomic E-state index is 11.7. The molecule has 0 aliphatic carbocycles. The lowest BCUT2D eigenvalue weighted by atomic mass is 10.2. The Kier molecular flexibility index (Phi) is 3.71. The molecule has 0 aromatic heterocycles. The molecule has 1 aromatic rings. The predicted octanol–water partition coefficient (Wildman–Crippen LogP) is 0.733. The Morgan fingerprint density at radius 2 is 2.07 bits per heavy atom. The van der Waals surface area contributed by atoms with E-state index in [9.17, 15) is 8.42 Å². The third-order valence-corrected chi connectivity index (χ3v) is 3.97. The fourth-order valence-corrected chi connectivity index (χ4v) is 2.59. The third kappa shape index (κ3) is 2.94. The van der Waals surface area contributed by atoms with Gasteiger partial charge in [-0.15, -0.1) is 0 Å². The summed E-state index contributed by atoms with van der Waals surface area (Å²) in [5.41, 5.74) is 6.93. The highest BCUT2D eigenvalue weighted by Crippen LogP contribution is 2.18. The van der Waals surface area contributed by atoms with E-state index in [1.165, 1.54) is 6.07 Å². The lowest BCUT2D eigenvalue weighted by molar-refractivity contribution is 0.295. The van der Waals surface area contributed by atoms with Crippen molar-refractivity contribution in [3.05, 3.63) is 23.8 Å². The monoisotopic (exact) mass is 229 g/mol. The molecule has 0 saturated carbocycles. The largest absolute Gasteiger partial charge is 0.399 e. The number of nitrogens with two attached hydrogens (primary N) is 1. The molecule has 0 heterocycles. The van der Waals surface area contributed by atoms with Gasteiger partial charge in [0.05, 0.1) is 10.6 Å². The number of aliphatic hydroxyl groups is 1. The zero-order chi connectivity index (χ0) is 11.5. The zero-order valence-electron chi connectivity index (χ0n) is 8.60. The number of hydrogen-bond acceptors (Lipinski definition) is 4. The molecule has 0 amide bonds. The summed E-state index contributed by atoms with van der Waals surface area (Å²) in [6, 6.07) is 4.64. The molecule has 3 N–H and O–H groups in total. The van der Waals surface area contributed by atoms with Crippen molar-refractivity contribution in [2.75, 3.05) is 18.1 Å². The minimum absolute atomic E-state index is 0.0349. The van der Waals surface area contributed by atoms with E-state index in [2.05, 4.69) is 0 Å². The number of hydrogen-bond donors (Lipinski definition) is 2. The van der Waals surface area contributed by atoms with E-state index < -0.39 is 9.84 Å². The van der Waals surface area contributed by atoms with Gasteiger partial charge in [-0.05, 0) is 37.1 Å². The van der Waals surface area contributed by atoms with Crippen LogP contribution in [0, 0.1) is 6.92 Å². The summed E-state index contributed by atoms with van der Waals surface area (Å²) in [5.74, 6) is -0.0349. The van der Waals surface area contributed by atoms with Gasteiger partial charge >= 0.3 is 0 Å². The number of nitrogen functional groups attached to an aromatic ring is 1. The third-order valence-electron chi connectivity index (χ3n) is 2.17. The predicted molar refractivity (Wildman–Crippen MR) is 59.3 cm³/mol. The first kappa shape index (κ1) is 12.0. The van der Waals surface area contributed by atoms with Crippen LogP contribution in [0.2, 0.25) is 0 Å². The van der Waals surface area contributed by atoms with Crippen molar-refractivity contribution in [3.63, 3.8) is 0 Å². The highest BCUT2D eigenvalue weighted by molar-refractivity contribution is 7.91. The van der Waals surface area contributed by atoms with E-state index in [1.807, 2.05) is 0 Å². The highest BCUT2D eigenvalue weighted by Gasteiger charge is 2.14. The summed E-state index contributed by atoms with van der Waals surface area (Å²) >= 11 is 0. The molecule has 84 valence electrons. The summed E-state index contributed by atoms with van der Waals surface area (Å²) in [6.07, 6.45) is 0.256. The normalized spacial score (nSPS) is 11.6. The van der Waals surface area contributed by atoms with Gasteiger partial charge < -0.3 is 10.8 Å². The Labute approximate surface area is 89.7 Å². The minimum Gasteiger partial charge on any atom is -0.399 e. The van der Waals surface area contributed by atoms with Gasteiger partial charge in [-0.3, -0.25) is 0 Å². The van der Waals surface area contributed by atoms with E-state index in [0.29, 0.717) is 5.69 Å². The van der Waals surface area contributed by atoms with Crippen molar-refractivity contribution in [1.29, 1.82) is 0 Å². The lowest BCUT2D eigenvalue weighted by Crippen LogP contribution is -2.08. The van der Waals surface area contributed by atoms with Gasteiger partial charge in [0.1, 0.15) is 0 Å². The molecule has 0 unspecified atom stereocenters. The first-order chi connectivity index (χ1) is 6.97. The molecular weight excluding hydrogens is 214 g/mol. The second-order valence-electron chi connectivity index (χ2n) is 3.41. The summed E-state index contributed by atoms with van der Waals surface area (Å²) in [7, 11) is -3.28. The maximum absolute atomic E-state index is 11.7. The molecule has 0 saturated heterocycles. The Morgan fingerprint density at radius 3 is 2.60 bits per heavy atom. The van der Waals surface area contributed by atoms with Crippen LogP contribution >= 0.6 is 0 Å². The summed E-state index contributed by atoms with van der Waals surface area (Å²) in [4.78, 5) is 0.266. The molecule has 4 nitrogen and oxygen atoms in total. The smallest absolute Gasteiger partial charge is 0.178 e. The van der Waals surface area contributed by atoms with Crippen molar-refractivity contribution >= 4 is 15.5 Å². The van der Waals surface area contributed by atoms with Gasteiger partial charge in [0.15, 0.2) is 9.84 Å². The van der Waals surface area contributed by atoms with E-state index >= 15 is 0 Å². The van der Waals surface area contributed by atoms with Gasteiger partial charge in [-0.2, -0.15) is 0 Å². The Balaban J connectivity index is 3.00. The molecule has 0 atom stereocenters. The second kappa shape index (κ2) is 4.63. The van der Waals surface area contributed by atoms with Crippen molar-refractivity contribution < 1.29 is 13.5 Å². The first-order valence-electron chi connectivity index (χ1n) is 4.67. The summed E-state index contributed by atoms with van der Waals surface area (Å²) in [6.45, 7) is 1.65. The van der Waals surface area contributed by atoms with E-state index in [1.54, 1.807) is 19.1 Å². The number of aliphatic hydroxyl groups excluding tert-OH is 1. The molecule has 0 aliphatic heterocycles. The molecule has 1 rings (SSSR count). The number of anilines is 1. The van der Waals surface area contributed by atoms with Crippen LogP contribution in [-0.2, 0) is 9.84 Å². The van der Waals surface area contributed by atoms with Gasteiger partial charge in [-0.25, -0.2) is 8.42 Å². The molecule has 0 fully saturated rings. The molecule has 1 aromatic carbocycles. The Morgan fingerprint density at radius 1 is 1.40 bits per heavy atom. The Hall–Kier alpha value is -1.07. The van der Waals surface area contributed by atoms with Crippen LogP contribution in [0.4, 0.5) is 5.69 Å². The Bertz CT molecular complexity index is 440. The zero-order valence-corrected chi connectivity index (χ0v) is 9.42. The summed E-state index contributed by atoms with van der Waals surface area (Å²) < 4.78 is 23.4. The van der Waals surface area contributed by atoms with Crippen LogP contribution < -0.4 is 5.73 Å². The average Bonchev–Trinajstić information content (AvgIpc) is 2.19. The number of benzene rings is 1.